The monoisotopic (exact) mass is 430 g/mol. The van der Waals surface area contributed by atoms with Crippen LogP contribution in [0.2, 0.25) is 0 Å². The van der Waals surface area contributed by atoms with Crippen LogP contribution in [0.1, 0.15) is 43.0 Å². The van der Waals surface area contributed by atoms with Crippen LogP contribution >= 0.6 is 11.3 Å². The number of rotatable bonds is 12. The van der Waals surface area contributed by atoms with E-state index in [-0.39, 0.29) is 17.7 Å². The second-order valence-corrected chi connectivity index (χ2v) is 8.46. The van der Waals surface area contributed by atoms with E-state index in [1.54, 1.807) is 18.4 Å². The number of nitrogens with zero attached hydrogens (tertiary/aromatic N) is 1. The molecule has 1 aromatic carbocycles. The van der Waals surface area contributed by atoms with Gasteiger partial charge in [-0.3, -0.25) is 9.59 Å². The Morgan fingerprint density at radius 2 is 2.07 bits per heavy atom. The number of methoxy groups -OCH3 is 1. The van der Waals surface area contributed by atoms with Crippen LogP contribution in [0, 0.1) is 5.92 Å². The predicted molar refractivity (Wildman–Crippen MR) is 118 cm³/mol. The highest BCUT2D eigenvalue weighted by Gasteiger charge is 2.29. The van der Waals surface area contributed by atoms with E-state index >= 15 is 0 Å². The first kappa shape index (κ1) is 22.2. The molecule has 0 atom stereocenters. The quantitative estimate of drug-likeness (QED) is 0.517. The minimum absolute atomic E-state index is 0.0927. The van der Waals surface area contributed by atoms with Crippen molar-refractivity contribution in [3.63, 3.8) is 0 Å². The highest BCUT2D eigenvalue weighted by Crippen LogP contribution is 2.30. The second-order valence-electron chi connectivity index (χ2n) is 7.43. The van der Waals surface area contributed by atoms with Crippen molar-refractivity contribution in [1.82, 2.24) is 10.2 Å². The Bertz CT molecular complexity index is 834. The molecule has 0 bridgehead atoms. The Balaban J connectivity index is 1.49. The minimum atomic E-state index is 0.0927. The van der Waals surface area contributed by atoms with Crippen LogP contribution in [0.25, 0.3) is 0 Å². The summed E-state index contributed by atoms with van der Waals surface area (Å²) in [5, 5.41) is 4.93. The topological polar surface area (TPSA) is 67.9 Å². The van der Waals surface area contributed by atoms with Gasteiger partial charge in [0, 0.05) is 36.9 Å². The number of carbonyl (C=O) groups is 2. The molecule has 7 heteroatoms. The van der Waals surface area contributed by atoms with Crippen LogP contribution in [-0.4, -0.2) is 36.9 Å². The van der Waals surface area contributed by atoms with Gasteiger partial charge in [-0.1, -0.05) is 12.1 Å². The maximum atomic E-state index is 12.6. The maximum Gasteiger partial charge on any atom is 0.223 e. The summed E-state index contributed by atoms with van der Waals surface area (Å²) in [6, 6.07) is 9.83. The van der Waals surface area contributed by atoms with E-state index < -0.39 is 0 Å². The van der Waals surface area contributed by atoms with E-state index in [0.717, 1.165) is 23.3 Å². The molecule has 1 aliphatic rings. The highest BCUT2D eigenvalue weighted by atomic mass is 32.1. The van der Waals surface area contributed by atoms with Gasteiger partial charge in [-0.25, -0.2) is 0 Å². The van der Waals surface area contributed by atoms with Gasteiger partial charge in [0.15, 0.2) is 11.5 Å². The highest BCUT2D eigenvalue weighted by molar-refractivity contribution is 7.09. The summed E-state index contributed by atoms with van der Waals surface area (Å²) < 4.78 is 11.4. The average Bonchev–Trinajstić information content (AvgIpc) is 3.49. The van der Waals surface area contributed by atoms with Crippen molar-refractivity contribution in [3.8, 4) is 11.5 Å². The first-order chi connectivity index (χ1) is 14.6. The minimum Gasteiger partial charge on any atom is -0.493 e. The van der Waals surface area contributed by atoms with Gasteiger partial charge in [0.05, 0.1) is 7.11 Å². The first-order valence-electron chi connectivity index (χ1n) is 10.5. The van der Waals surface area contributed by atoms with Gasteiger partial charge in [-0.2, -0.15) is 0 Å². The third-order valence-electron chi connectivity index (χ3n) is 5.10. The molecular formula is C23H30N2O4S. The summed E-state index contributed by atoms with van der Waals surface area (Å²) in [4.78, 5) is 27.2. The molecule has 2 amide bonds. The van der Waals surface area contributed by atoms with Crippen molar-refractivity contribution < 1.29 is 19.1 Å². The van der Waals surface area contributed by atoms with E-state index in [1.165, 1.54) is 0 Å². The summed E-state index contributed by atoms with van der Waals surface area (Å²) in [7, 11) is 1.62. The molecule has 162 valence electrons. The molecular weight excluding hydrogens is 400 g/mol. The van der Waals surface area contributed by atoms with E-state index in [9.17, 15) is 9.59 Å². The third kappa shape index (κ3) is 6.49. The van der Waals surface area contributed by atoms with E-state index in [2.05, 4.69) is 5.32 Å². The van der Waals surface area contributed by atoms with Gasteiger partial charge in [-0.05, 0) is 55.3 Å². The Labute approximate surface area is 182 Å². The summed E-state index contributed by atoms with van der Waals surface area (Å²) in [6.07, 6.45) is 3.08. The Kier molecular flexibility index (Phi) is 8.13. The molecule has 30 heavy (non-hydrogen) atoms. The second kappa shape index (κ2) is 11.0. The summed E-state index contributed by atoms with van der Waals surface area (Å²) in [6.45, 7) is 4.19. The van der Waals surface area contributed by atoms with Gasteiger partial charge >= 0.3 is 0 Å². The lowest BCUT2D eigenvalue weighted by molar-refractivity contribution is -0.132. The smallest absolute Gasteiger partial charge is 0.223 e. The molecule has 0 aliphatic heterocycles. The Hall–Kier alpha value is -2.54. The van der Waals surface area contributed by atoms with Crippen molar-refractivity contribution in [1.29, 1.82) is 0 Å². The zero-order valence-corrected chi connectivity index (χ0v) is 18.5. The van der Waals surface area contributed by atoms with Crippen molar-refractivity contribution >= 4 is 23.2 Å². The normalized spacial score (nSPS) is 13.0. The zero-order chi connectivity index (χ0) is 21.3. The third-order valence-corrected chi connectivity index (χ3v) is 5.95. The van der Waals surface area contributed by atoms with Crippen LogP contribution in [0.4, 0.5) is 0 Å². The molecule has 1 N–H and O–H groups in total. The number of hydrogen-bond donors (Lipinski definition) is 1. The molecule has 1 fully saturated rings. The summed E-state index contributed by atoms with van der Waals surface area (Å²) >= 11 is 1.65. The number of carbonyl (C=O) groups excluding carboxylic acids is 2. The Morgan fingerprint density at radius 1 is 1.23 bits per heavy atom. The van der Waals surface area contributed by atoms with Crippen LogP contribution in [-0.2, 0) is 22.7 Å². The number of hydrogen-bond acceptors (Lipinski definition) is 5. The van der Waals surface area contributed by atoms with E-state index in [0.29, 0.717) is 50.6 Å². The lowest BCUT2D eigenvalue weighted by atomic mass is 10.1. The Morgan fingerprint density at radius 3 is 2.73 bits per heavy atom. The first-order valence-corrected chi connectivity index (χ1v) is 11.4. The molecule has 6 nitrogen and oxygen atoms in total. The summed E-state index contributed by atoms with van der Waals surface area (Å²) in [5.41, 5.74) is 0.993. The van der Waals surface area contributed by atoms with Crippen LogP contribution < -0.4 is 14.8 Å². The molecule has 0 unspecified atom stereocenters. The van der Waals surface area contributed by atoms with Crippen LogP contribution in [0.5, 0.6) is 11.5 Å². The largest absolute Gasteiger partial charge is 0.493 e. The van der Waals surface area contributed by atoms with E-state index in [1.807, 2.05) is 47.5 Å². The van der Waals surface area contributed by atoms with E-state index in [4.69, 9.17) is 9.47 Å². The van der Waals surface area contributed by atoms with Gasteiger partial charge in [-0.15, -0.1) is 11.3 Å². The number of ether oxygens (including phenoxy) is 2. The zero-order valence-electron chi connectivity index (χ0n) is 17.7. The average molecular weight is 431 g/mol. The van der Waals surface area contributed by atoms with Crippen LogP contribution in [0.3, 0.4) is 0 Å². The molecule has 1 aromatic heterocycles. The van der Waals surface area contributed by atoms with Gasteiger partial charge in [0.25, 0.3) is 0 Å². The SMILES string of the molecule is CCN(Cc1ccc(OCc2cccs2)c(OC)c1)C(=O)CCCNC(=O)C1CC1. The van der Waals surface area contributed by atoms with Crippen molar-refractivity contribution in [2.24, 2.45) is 5.92 Å². The molecule has 0 saturated heterocycles. The number of thiophene rings is 1. The number of nitrogens with one attached hydrogen (secondary N) is 1. The molecule has 1 aliphatic carbocycles. The lowest BCUT2D eigenvalue weighted by Crippen LogP contribution is -2.31. The lowest BCUT2D eigenvalue weighted by Gasteiger charge is -2.22. The van der Waals surface area contributed by atoms with Crippen LogP contribution in [0.15, 0.2) is 35.7 Å². The number of amides is 2. The maximum absolute atomic E-state index is 12.6. The molecule has 1 saturated carbocycles. The van der Waals surface area contributed by atoms with Gasteiger partial charge in [0.2, 0.25) is 11.8 Å². The molecule has 2 aromatic rings. The standard InChI is InChI=1S/C23H30N2O4S/c1-3-25(22(26)7-4-12-24-23(27)18-9-10-18)15-17-8-11-20(21(14-17)28-2)29-16-19-6-5-13-30-19/h5-6,8,11,13-14,18H,3-4,7,9-10,12,15-16H2,1-2H3,(H,24,27). The fourth-order valence-corrected chi connectivity index (χ4v) is 3.79. The molecule has 0 spiro atoms. The molecule has 0 radical (unpaired) electrons. The van der Waals surface area contributed by atoms with Gasteiger partial charge < -0.3 is 19.7 Å². The fraction of sp³-hybridized carbons (Fsp3) is 0.478. The summed E-state index contributed by atoms with van der Waals surface area (Å²) in [5.74, 6) is 1.78. The molecule has 3 rings (SSSR count). The molecule has 1 heterocycles. The predicted octanol–water partition coefficient (Wildman–Crippen LogP) is 3.99. The number of benzene rings is 1. The van der Waals surface area contributed by atoms with Gasteiger partial charge in [0.1, 0.15) is 6.61 Å². The van der Waals surface area contributed by atoms with Crippen molar-refractivity contribution in [2.45, 2.75) is 45.8 Å². The fourth-order valence-electron chi connectivity index (χ4n) is 3.17. The van der Waals surface area contributed by atoms with Crippen molar-refractivity contribution in [2.75, 3.05) is 20.2 Å². The van der Waals surface area contributed by atoms with Crippen molar-refractivity contribution in [3.05, 3.63) is 46.2 Å².